The number of rotatable bonds is 4. The first kappa shape index (κ1) is 21.4. The number of hydrogen-bond acceptors (Lipinski definition) is 5. The highest BCUT2D eigenvalue weighted by Gasteiger charge is 2.20. The van der Waals surface area contributed by atoms with Gasteiger partial charge in [-0.3, -0.25) is 15.5 Å². The summed E-state index contributed by atoms with van der Waals surface area (Å²) in [6, 6.07) is -0.371. The van der Waals surface area contributed by atoms with E-state index < -0.39 is 11.9 Å². The topological polar surface area (TPSA) is 124 Å². The molecule has 9 nitrogen and oxygen atoms in total. The molecule has 1 heterocycles. The molecule has 5 N–H and O–H groups in total. The SMILES string of the molecule is Cc1nc(NC(=O)NC2CCCCC2)sc1C(=O)NNC(=O)NC1CCCCC1. The van der Waals surface area contributed by atoms with Gasteiger partial charge in [-0.1, -0.05) is 49.9 Å². The minimum atomic E-state index is -0.459. The second kappa shape index (κ2) is 10.4. The third kappa shape index (κ3) is 6.59. The van der Waals surface area contributed by atoms with Gasteiger partial charge in [0, 0.05) is 12.1 Å². The van der Waals surface area contributed by atoms with Crippen LogP contribution in [0.5, 0.6) is 0 Å². The molecule has 2 aliphatic carbocycles. The van der Waals surface area contributed by atoms with E-state index in [2.05, 4.69) is 31.8 Å². The third-order valence-corrected chi connectivity index (χ3v) is 6.47. The molecule has 0 saturated heterocycles. The van der Waals surface area contributed by atoms with Crippen LogP contribution in [0.1, 0.15) is 79.6 Å². The first-order chi connectivity index (χ1) is 14.0. The van der Waals surface area contributed by atoms with Gasteiger partial charge in [-0.05, 0) is 32.6 Å². The highest BCUT2D eigenvalue weighted by molar-refractivity contribution is 7.17. The van der Waals surface area contributed by atoms with Gasteiger partial charge in [0.15, 0.2) is 5.13 Å². The molecule has 0 aliphatic heterocycles. The third-order valence-electron chi connectivity index (χ3n) is 5.39. The summed E-state index contributed by atoms with van der Waals surface area (Å²) in [4.78, 5) is 41.1. The summed E-state index contributed by atoms with van der Waals surface area (Å²) in [5.74, 6) is -0.459. The first-order valence-corrected chi connectivity index (χ1v) is 11.2. The summed E-state index contributed by atoms with van der Waals surface area (Å²) in [7, 11) is 0. The number of carbonyl (C=O) groups is 3. The van der Waals surface area contributed by atoms with E-state index in [1.165, 1.54) is 12.8 Å². The van der Waals surface area contributed by atoms with Crippen molar-refractivity contribution in [2.45, 2.75) is 83.2 Å². The lowest BCUT2D eigenvalue weighted by Gasteiger charge is -2.22. The molecule has 0 spiro atoms. The second-order valence-corrected chi connectivity index (χ2v) is 8.75. The van der Waals surface area contributed by atoms with Gasteiger partial charge in [0.2, 0.25) is 0 Å². The van der Waals surface area contributed by atoms with Crippen LogP contribution in [0, 0.1) is 6.92 Å². The molecule has 160 valence electrons. The molecule has 0 unspecified atom stereocenters. The molecule has 29 heavy (non-hydrogen) atoms. The zero-order valence-corrected chi connectivity index (χ0v) is 17.6. The second-order valence-electron chi connectivity index (χ2n) is 7.75. The molecular weight excluding hydrogens is 392 g/mol. The molecule has 0 radical (unpaired) electrons. The van der Waals surface area contributed by atoms with Gasteiger partial charge in [-0.25, -0.2) is 20.0 Å². The van der Waals surface area contributed by atoms with Crippen LogP contribution in [-0.4, -0.2) is 35.0 Å². The Balaban J connectivity index is 1.45. The van der Waals surface area contributed by atoms with Crippen LogP contribution in [0.3, 0.4) is 0 Å². The summed E-state index contributed by atoms with van der Waals surface area (Å²) >= 11 is 1.08. The Morgan fingerprint density at radius 1 is 0.828 bits per heavy atom. The maximum absolute atomic E-state index is 12.4. The van der Waals surface area contributed by atoms with Gasteiger partial charge < -0.3 is 10.6 Å². The Kier molecular flexibility index (Phi) is 7.68. The molecule has 2 aliphatic rings. The zero-order valence-electron chi connectivity index (χ0n) is 16.8. The lowest BCUT2D eigenvalue weighted by molar-refractivity contribution is 0.0938. The van der Waals surface area contributed by atoms with Crippen LogP contribution in [0.15, 0.2) is 0 Å². The number of carbonyl (C=O) groups excluding carboxylic acids is 3. The lowest BCUT2D eigenvalue weighted by atomic mass is 9.96. The minimum absolute atomic E-state index is 0.157. The van der Waals surface area contributed by atoms with Gasteiger partial charge in [0.1, 0.15) is 4.88 Å². The fourth-order valence-corrected chi connectivity index (χ4v) is 4.72. The van der Waals surface area contributed by atoms with Crippen molar-refractivity contribution in [1.82, 2.24) is 26.5 Å². The standard InChI is InChI=1S/C19H30N6O3S/c1-12-15(16(26)24-25-18(28)22-14-10-6-3-7-11-14)29-19(20-12)23-17(27)21-13-8-4-2-5-9-13/h13-14H,2-11H2,1H3,(H,24,26)(H2,22,25,28)(H2,20,21,23,27). The number of anilines is 1. The van der Waals surface area contributed by atoms with E-state index in [1.54, 1.807) is 6.92 Å². The quantitative estimate of drug-likeness (QED) is 0.478. The van der Waals surface area contributed by atoms with Crippen molar-refractivity contribution < 1.29 is 14.4 Å². The van der Waals surface area contributed by atoms with Crippen LogP contribution >= 0.6 is 11.3 Å². The summed E-state index contributed by atoms with van der Waals surface area (Å²) < 4.78 is 0. The number of hydrazine groups is 1. The number of aryl methyl sites for hydroxylation is 1. The Morgan fingerprint density at radius 2 is 1.38 bits per heavy atom. The van der Waals surface area contributed by atoms with Crippen molar-refractivity contribution >= 4 is 34.4 Å². The van der Waals surface area contributed by atoms with E-state index >= 15 is 0 Å². The van der Waals surface area contributed by atoms with Gasteiger partial charge in [0.25, 0.3) is 5.91 Å². The molecule has 3 rings (SSSR count). The number of hydrogen-bond donors (Lipinski definition) is 5. The predicted molar refractivity (Wildman–Crippen MR) is 112 cm³/mol. The number of nitrogens with one attached hydrogen (secondary N) is 5. The highest BCUT2D eigenvalue weighted by atomic mass is 32.1. The normalized spacial score (nSPS) is 18.0. The van der Waals surface area contributed by atoms with E-state index in [4.69, 9.17) is 0 Å². The summed E-state index contributed by atoms with van der Waals surface area (Å²) in [5, 5.41) is 8.88. The van der Waals surface area contributed by atoms with E-state index in [1.807, 2.05) is 0 Å². The van der Waals surface area contributed by atoms with E-state index in [-0.39, 0.29) is 18.1 Å². The highest BCUT2D eigenvalue weighted by Crippen LogP contribution is 2.23. The fourth-order valence-electron chi connectivity index (χ4n) is 3.86. The maximum Gasteiger partial charge on any atom is 0.333 e. The van der Waals surface area contributed by atoms with Crippen LogP contribution < -0.4 is 26.8 Å². The molecule has 0 atom stereocenters. The summed E-state index contributed by atoms with van der Waals surface area (Å²) in [5.41, 5.74) is 5.29. The molecule has 1 aromatic heterocycles. The predicted octanol–water partition coefficient (Wildman–Crippen LogP) is 3.18. The minimum Gasteiger partial charge on any atom is -0.335 e. The van der Waals surface area contributed by atoms with Crippen LogP contribution in [-0.2, 0) is 0 Å². The van der Waals surface area contributed by atoms with Gasteiger partial charge in [-0.15, -0.1) is 0 Å². The number of aromatic nitrogens is 1. The number of thiazole rings is 1. The van der Waals surface area contributed by atoms with Crippen molar-refractivity contribution in [3.8, 4) is 0 Å². The van der Waals surface area contributed by atoms with Crippen molar-refractivity contribution in [1.29, 1.82) is 0 Å². The average Bonchev–Trinajstić information content (AvgIpc) is 3.07. The van der Waals surface area contributed by atoms with Crippen molar-refractivity contribution in [2.24, 2.45) is 0 Å². The Hall–Kier alpha value is -2.36. The van der Waals surface area contributed by atoms with Crippen LogP contribution in [0.25, 0.3) is 0 Å². The Labute approximate surface area is 174 Å². The van der Waals surface area contributed by atoms with E-state index in [0.717, 1.165) is 62.7 Å². The summed E-state index contributed by atoms with van der Waals surface area (Å²) in [6.45, 7) is 1.69. The van der Waals surface area contributed by atoms with E-state index in [0.29, 0.717) is 15.7 Å². The largest absolute Gasteiger partial charge is 0.335 e. The van der Waals surface area contributed by atoms with Gasteiger partial charge in [0.05, 0.1) is 5.69 Å². The molecule has 0 bridgehead atoms. The molecule has 2 fully saturated rings. The molecule has 5 amide bonds. The summed E-state index contributed by atoms with van der Waals surface area (Å²) in [6.07, 6.45) is 10.8. The lowest BCUT2D eigenvalue weighted by Crippen LogP contribution is -2.50. The monoisotopic (exact) mass is 422 g/mol. The van der Waals surface area contributed by atoms with Crippen molar-refractivity contribution in [3.05, 3.63) is 10.6 Å². The zero-order chi connectivity index (χ0) is 20.6. The average molecular weight is 423 g/mol. The maximum atomic E-state index is 12.4. The molecule has 10 heteroatoms. The first-order valence-electron chi connectivity index (χ1n) is 10.4. The van der Waals surface area contributed by atoms with Gasteiger partial charge in [-0.2, -0.15) is 0 Å². The molecule has 0 aromatic carbocycles. The van der Waals surface area contributed by atoms with Gasteiger partial charge >= 0.3 is 12.1 Å². The number of amides is 5. The van der Waals surface area contributed by atoms with Crippen LogP contribution in [0.2, 0.25) is 0 Å². The molecule has 1 aromatic rings. The number of nitrogens with zero attached hydrogens (tertiary/aromatic N) is 1. The molecule has 2 saturated carbocycles. The van der Waals surface area contributed by atoms with E-state index in [9.17, 15) is 14.4 Å². The molecular formula is C19H30N6O3S. The number of urea groups is 2. The fraction of sp³-hybridized carbons (Fsp3) is 0.684. The van der Waals surface area contributed by atoms with Crippen LogP contribution in [0.4, 0.5) is 14.7 Å². The van der Waals surface area contributed by atoms with Crippen molar-refractivity contribution in [3.63, 3.8) is 0 Å². The smallest absolute Gasteiger partial charge is 0.333 e. The Bertz CT molecular complexity index is 726. The van der Waals surface area contributed by atoms with Crippen molar-refractivity contribution in [2.75, 3.05) is 5.32 Å². The Morgan fingerprint density at radius 3 is 1.97 bits per heavy atom.